The van der Waals surface area contributed by atoms with Crippen molar-refractivity contribution in [2.24, 2.45) is 0 Å². The van der Waals surface area contributed by atoms with Crippen molar-refractivity contribution in [2.75, 3.05) is 6.54 Å². The van der Waals surface area contributed by atoms with Crippen molar-refractivity contribution < 1.29 is 9.90 Å². The van der Waals surface area contributed by atoms with Crippen LogP contribution in [0.25, 0.3) is 0 Å². The molecule has 1 aromatic rings. The molecular formula is C14H23N3O2. The van der Waals surface area contributed by atoms with Crippen LogP contribution >= 0.6 is 0 Å². The van der Waals surface area contributed by atoms with Crippen LogP contribution in [0.4, 0.5) is 4.79 Å². The van der Waals surface area contributed by atoms with Gasteiger partial charge >= 0.3 is 6.03 Å². The molecule has 3 N–H and O–H groups in total. The molecule has 1 aromatic heterocycles. The van der Waals surface area contributed by atoms with Gasteiger partial charge in [-0.1, -0.05) is 19.9 Å². The largest absolute Gasteiger partial charge is 0.388 e. The number of carbonyl (C=O) groups excluding carboxylic acids is 1. The molecule has 0 atom stereocenters. The van der Waals surface area contributed by atoms with Gasteiger partial charge in [0.25, 0.3) is 0 Å². The SMILES string of the molecule is CCC(O)(CC)CNC(=O)NCc1ncccc1C. The van der Waals surface area contributed by atoms with Crippen LogP contribution < -0.4 is 10.6 Å². The minimum Gasteiger partial charge on any atom is -0.388 e. The Balaban J connectivity index is 2.39. The fourth-order valence-corrected chi connectivity index (χ4v) is 1.67. The van der Waals surface area contributed by atoms with Crippen LogP contribution in [0.2, 0.25) is 0 Å². The minimum absolute atomic E-state index is 0.257. The third kappa shape index (κ3) is 4.87. The first-order valence-electron chi connectivity index (χ1n) is 6.65. The van der Waals surface area contributed by atoms with Crippen LogP contribution in [0.3, 0.4) is 0 Å². The zero-order valence-corrected chi connectivity index (χ0v) is 11.9. The molecule has 0 fully saturated rings. The van der Waals surface area contributed by atoms with E-state index in [4.69, 9.17) is 0 Å². The van der Waals surface area contributed by atoms with Gasteiger partial charge in [0.05, 0.1) is 17.8 Å². The fourth-order valence-electron chi connectivity index (χ4n) is 1.67. The highest BCUT2D eigenvalue weighted by atomic mass is 16.3. The van der Waals surface area contributed by atoms with E-state index in [0.29, 0.717) is 19.4 Å². The first-order chi connectivity index (χ1) is 9.00. The molecule has 19 heavy (non-hydrogen) atoms. The highest BCUT2D eigenvalue weighted by Gasteiger charge is 2.22. The topological polar surface area (TPSA) is 74.2 Å². The number of urea groups is 1. The summed E-state index contributed by atoms with van der Waals surface area (Å²) in [7, 11) is 0. The number of carbonyl (C=O) groups is 1. The molecule has 1 rings (SSSR count). The van der Waals surface area contributed by atoms with E-state index in [1.807, 2.05) is 32.9 Å². The monoisotopic (exact) mass is 265 g/mol. The average molecular weight is 265 g/mol. The van der Waals surface area contributed by atoms with Crippen molar-refractivity contribution >= 4 is 6.03 Å². The van der Waals surface area contributed by atoms with Crippen LogP contribution in [-0.2, 0) is 6.54 Å². The van der Waals surface area contributed by atoms with E-state index >= 15 is 0 Å². The molecule has 1 heterocycles. The lowest BCUT2D eigenvalue weighted by atomic mass is 9.98. The molecule has 106 valence electrons. The Bertz CT molecular complexity index is 417. The van der Waals surface area contributed by atoms with Gasteiger partial charge < -0.3 is 15.7 Å². The maximum atomic E-state index is 11.6. The standard InChI is InChI=1S/C14H23N3O2/c1-4-14(19,5-2)10-17-13(18)16-9-12-11(3)7-6-8-15-12/h6-8,19H,4-5,9-10H2,1-3H3,(H2,16,17,18). The van der Waals surface area contributed by atoms with Gasteiger partial charge in [-0.05, 0) is 31.4 Å². The molecular weight excluding hydrogens is 242 g/mol. The first kappa shape index (κ1) is 15.4. The van der Waals surface area contributed by atoms with Crippen LogP contribution in [0.15, 0.2) is 18.3 Å². The Morgan fingerprint density at radius 2 is 2.05 bits per heavy atom. The lowest BCUT2D eigenvalue weighted by Crippen LogP contribution is -2.45. The number of pyridine rings is 1. The summed E-state index contributed by atoms with van der Waals surface area (Å²) in [6.07, 6.45) is 2.93. The molecule has 0 saturated carbocycles. The molecule has 0 aromatic carbocycles. The molecule has 0 aliphatic carbocycles. The zero-order valence-electron chi connectivity index (χ0n) is 11.9. The number of hydrogen-bond donors (Lipinski definition) is 3. The number of rotatable bonds is 6. The maximum absolute atomic E-state index is 11.6. The molecule has 0 unspecified atom stereocenters. The van der Waals surface area contributed by atoms with Crippen LogP contribution in [-0.4, -0.2) is 28.3 Å². The summed E-state index contributed by atoms with van der Waals surface area (Å²) in [5.41, 5.74) is 1.07. The minimum atomic E-state index is -0.821. The van der Waals surface area contributed by atoms with Crippen molar-refractivity contribution in [3.8, 4) is 0 Å². The molecule has 0 bridgehead atoms. The molecule has 5 heteroatoms. The van der Waals surface area contributed by atoms with Crippen molar-refractivity contribution in [3.63, 3.8) is 0 Å². The summed E-state index contributed by atoms with van der Waals surface area (Å²) in [5, 5.41) is 15.5. The summed E-state index contributed by atoms with van der Waals surface area (Å²) in [4.78, 5) is 15.8. The van der Waals surface area contributed by atoms with Gasteiger partial charge in [0.1, 0.15) is 0 Å². The van der Waals surface area contributed by atoms with Crippen LogP contribution in [0, 0.1) is 6.92 Å². The average Bonchev–Trinajstić information content (AvgIpc) is 2.44. The highest BCUT2D eigenvalue weighted by molar-refractivity contribution is 5.73. The van der Waals surface area contributed by atoms with Gasteiger partial charge in [0.15, 0.2) is 0 Å². The number of aryl methyl sites for hydroxylation is 1. The zero-order chi connectivity index (χ0) is 14.3. The number of nitrogens with zero attached hydrogens (tertiary/aromatic N) is 1. The van der Waals surface area contributed by atoms with E-state index in [1.54, 1.807) is 6.20 Å². The summed E-state index contributed by atoms with van der Waals surface area (Å²) in [5.74, 6) is 0. The summed E-state index contributed by atoms with van der Waals surface area (Å²) in [6, 6.07) is 3.53. The van der Waals surface area contributed by atoms with Crippen molar-refractivity contribution in [3.05, 3.63) is 29.6 Å². The first-order valence-corrected chi connectivity index (χ1v) is 6.65. The predicted octanol–water partition coefficient (Wildman–Crippen LogP) is 1.74. The Labute approximate surface area is 114 Å². The van der Waals surface area contributed by atoms with Crippen molar-refractivity contribution in [2.45, 2.75) is 45.8 Å². The smallest absolute Gasteiger partial charge is 0.315 e. The highest BCUT2D eigenvalue weighted by Crippen LogP contribution is 2.12. The second-order valence-corrected chi connectivity index (χ2v) is 4.73. The molecule has 0 spiro atoms. The van der Waals surface area contributed by atoms with E-state index in [0.717, 1.165) is 11.3 Å². The Morgan fingerprint density at radius 1 is 1.37 bits per heavy atom. The van der Waals surface area contributed by atoms with E-state index in [1.165, 1.54) is 0 Å². The molecule has 0 radical (unpaired) electrons. The molecule has 0 aliphatic rings. The van der Waals surface area contributed by atoms with E-state index in [-0.39, 0.29) is 12.6 Å². The number of aliphatic hydroxyl groups is 1. The Morgan fingerprint density at radius 3 is 2.63 bits per heavy atom. The predicted molar refractivity (Wildman–Crippen MR) is 74.7 cm³/mol. The Hall–Kier alpha value is -1.62. The summed E-state index contributed by atoms with van der Waals surface area (Å²) >= 11 is 0. The number of amides is 2. The number of nitrogens with one attached hydrogen (secondary N) is 2. The van der Waals surface area contributed by atoms with E-state index in [2.05, 4.69) is 15.6 Å². The Kier molecular flexibility index (Phi) is 5.76. The molecule has 5 nitrogen and oxygen atoms in total. The van der Waals surface area contributed by atoms with Gasteiger partial charge in [0, 0.05) is 12.7 Å². The molecule has 0 saturated heterocycles. The van der Waals surface area contributed by atoms with Gasteiger partial charge in [-0.25, -0.2) is 4.79 Å². The third-order valence-corrected chi connectivity index (χ3v) is 3.43. The molecule has 2 amide bonds. The maximum Gasteiger partial charge on any atom is 0.315 e. The second kappa shape index (κ2) is 7.09. The lowest BCUT2D eigenvalue weighted by Gasteiger charge is -2.25. The number of hydrogen-bond acceptors (Lipinski definition) is 3. The second-order valence-electron chi connectivity index (χ2n) is 4.73. The molecule has 0 aliphatic heterocycles. The normalized spacial score (nSPS) is 11.2. The van der Waals surface area contributed by atoms with Gasteiger partial charge in [-0.2, -0.15) is 0 Å². The van der Waals surface area contributed by atoms with Crippen molar-refractivity contribution in [1.29, 1.82) is 0 Å². The third-order valence-electron chi connectivity index (χ3n) is 3.43. The summed E-state index contributed by atoms with van der Waals surface area (Å²) in [6.45, 7) is 6.40. The lowest BCUT2D eigenvalue weighted by molar-refractivity contribution is 0.0349. The van der Waals surface area contributed by atoms with Gasteiger partial charge in [-0.15, -0.1) is 0 Å². The van der Waals surface area contributed by atoms with E-state index in [9.17, 15) is 9.90 Å². The van der Waals surface area contributed by atoms with Gasteiger partial charge in [0.2, 0.25) is 0 Å². The van der Waals surface area contributed by atoms with Crippen molar-refractivity contribution in [1.82, 2.24) is 15.6 Å². The fraction of sp³-hybridized carbons (Fsp3) is 0.571. The van der Waals surface area contributed by atoms with E-state index < -0.39 is 5.60 Å². The summed E-state index contributed by atoms with van der Waals surface area (Å²) < 4.78 is 0. The van der Waals surface area contributed by atoms with Crippen LogP contribution in [0.1, 0.15) is 37.9 Å². The van der Waals surface area contributed by atoms with Crippen LogP contribution in [0.5, 0.6) is 0 Å². The van der Waals surface area contributed by atoms with Gasteiger partial charge in [-0.3, -0.25) is 4.98 Å². The number of aromatic nitrogens is 1. The quantitative estimate of drug-likeness (QED) is 0.733.